The Morgan fingerprint density at radius 1 is 1.35 bits per heavy atom. The Balaban J connectivity index is 2.43. The van der Waals surface area contributed by atoms with Gasteiger partial charge in [-0.1, -0.05) is 36.0 Å². The quantitative estimate of drug-likeness (QED) is 0.612. The summed E-state index contributed by atoms with van der Waals surface area (Å²) in [5.74, 6) is 0.682. The van der Waals surface area contributed by atoms with Gasteiger partial charge >= 0.3 is 0 Å². The third kappa shape index (κ3) is 2.65. The minimum atomic E-state index is -0.0921. The number of nitrogens with zero attached hydrogens (tertiary/aromatic N) is 2. The first kappa shape index (κ1) is 11.7. The van der Waals surface area contributed by atoms with Gasteiger partial charge in [-0.2, -0.15) is 0 Å². The summed E-state index contributed by atoms with van der Waals surface area (Å²) >= 11 is 1.39. The Morgan fingerprint density at radius 3 is 2.82 bits per heavy atom. The van der Waals surface area contributed by atoms with Crippen LogP contribution in [0.25, 0.3) is 5.69 Å². The second kappa shape index (κ2) is 5.50. The fourth-order valence-corrected chi connectivity index (χ4v) is 2.06. The maximum Gasteiger partial charge on any atom is 0.287 e. The van der Waals surface area contributed by atoms with Gasteiger partial charge in [0.2, 0.25) is 0 Å². The number of para-hydroxylation sites is 1. The molecule has 1 aromatic carbocycles. The Morgan fingerprint density at radius 2 is 2.12 bits per heavy atom. The molecule has 2 aromatic rings. The molecule has 1 aromatic heterocycles. The van der Waals surface area contributed by atoms with Gasteiger partial charge in [-0.3, -0.25) is 9.36 Å². The predicted octanol–water partition coefficient (Wildman–Crippen LogP) is 2.51. The molecule has 86 valence electrons. The maximum atomic E-state index is 12.1. The van der Waals surface area contributed by atoms with E-state index in [4.69, 9.17) is 0 Å². The van der Waals surface area contributed by atoms with Crippen LogP contribution in [0.15, 0.2) is 65.2 Å². The van der Waals surface area contributed by atoms with Crippen molar-refractivity contribution in [2.45, 2.75) is 5.03 Å². The van der Waals surface area contributed by atoms with E-state index in [1.807, 2.05) is 30.3 Å². The summed E-state index contributed by atoms with van der Waals surface area (Å²) < 4.78 is 1.60. The molecule has 0 amide bonds. The lowest BCUT2D eigenvalue weighted by atomic mass is 10.3. The van der Waals surface area contributed by atoms with Crippen molar-refractivity contribution >= 4 is 11.8 Å². The van der Waals surface area contributed by atoms with E-state index in [9.17, 15) is 4.79 Å². The summed E-state index contributed by atoms with van der Waals surface area (Å²) in [7, 11) is 0. The smallest absolute Gasteiger partial charge is 0.280 e. The van der Waals surface area contributed by atoms with E-state index in [0.717, 1.165) is 5.69 Å². The minimum absolute atomic E-state index is 0.0921. The molecule has 0 saturated heterocycles. The molecular formula is C13H12N2OS. The fraction of sp³-hybridized carbons (Fsp3) is 0.0769. The first-order valence-electron chi connectivity index (χ1n) is 5.19. The normalized spacial score (nSPS) is 10.1. The van der Waals surface area contributed by atoms with Crippen LogP contribution in [0.4, 0.5) is 0 Å². The maximum absolute atomic E-state index is 12.1. The van der Waals surface area contributed by atoms with Crippen molar-refractivity contribution in [3.63, 3.8) is 0 Å². The highest BCUT2D eigenvalue weighted by Gasteiger charge is 2.05. The van der Waals surface area contributed by atoms with Gasteiger partial charge in [-0.05, 0) is 12.1 Å². The van der Waals surface area contributed by atoms with E-state index < -0.39 is 0 Å². The molecule has 4 heteroatoms. The van der Waals surface area contributed by atoms with Gasteiger partial charge in [0.15, 0.2) is 5.03 Å². The zero-order chi connectivity index (χ0) is 12.1. The summed E-state index contributed by atoms with van der Waals surface area (Å²) in [5, 5.41) is 0.497. The number of hydrogen-bond acceptors (Lipinski definition) is 3. The Hall–Kier alpha value is -1.81. The van der Waals surface area contributed by atoms with Crippen LogP contribution in [-0.2, 0) is 0 Å². The number of thioether (sulfide) groups is 1. The van der Waals surface area contributed by atoms with Gasteiger partial charge in [0.05, 0.1) is 0 Å². The van der Waals surface area contributed by atoms with Crippen molar-refractivity contribution in [1.82, 2.24) is 9.55 Å². The highest BCUT2D eigenvalue weighted by molar-refractivity contribution is 7.99. The first-order valence-corrected chi connectivity index (χ1v) is 6.18. The summed E-state index contributed by atoms with van der Waals surface area (Å²) in [6.45, 7) is 3.63. The molecular weight excluding hydrogens is 232 g/mol. The highest BCUT2D eigenvalue weighted by atomic mass is 32.2. The van der Waals surface area contributed by atoms with Gasteiger partial charge in [0.25, 0.3) is 5.56 Å². The van der Waals surface area contributed by atoms with E-state index in [-0.39, 0.29) is 5.56 Å². The minimum Gasteiger partial charge on any atom is -0.280 e. The van der Waals surface area contributed by atoms with Crippen LogP contribution in [0.1, 0.15) is 0 Å². The van der Waals surface area contributed by atoms with Crippen molar-refractivity contribution in [2.24, 2.45) is 0 Å². The number of hydrogen-bond donors (Lipinski definition) is 0. The third-order valence-corrected chi connectivity index (χ3v) is 3.14. The van der Waals surface area contributed by atoms with E-state index in [2.05, 4.69) is 11.6 Å². The summed E-state index contributed by atoms with van der Waals surface area (Å²) in [6.07, 6.45) is 5.07. The van der Waals surface area contributed by atoms with Gasteiger partial charge in [0, 0.05) is 23.8 Å². The monoisotopic (exact) mass is 244 g/mol. The molecule has 0 aliphatic rings. The Bertz CT molecular complexity index is 563. The number of benzene rings is 1. The van der Waals surface area contributed by atoms with Crippen LogP contribution in [0.5, 0.6) is 0 Å². The van der Waals surface area contributed by atoms with E-state index in [1.54, 1.807) is 23.0 Å². The van der Waals surface area contributed by atoms with Crippen molar-refractivity contribution in [3.8, 4) is 5.69 Å². The summed E-state index contributed by atoms with van der Waals surface area (Å²) in [6, 6.07) is 9.51. The average molecular weight is 244 g/mol. The highest BCUT2D eigenvalue weighted by Crippen LogP contribution is 2.11. The zero-order valence-electron chi connectivity index (χ0n) is 9.24. The van der Waals surface area contributed by atoms with E-state index in [0.29, 0.717) is 10.8 Å². The predicted molar refractivity (Wildman–Crippen MR) is 70.8 cm³/mol. The lowest BCUT2D eigenvalue weighted by Crippen LogP contribution is -2.20. The largest absolute Gasteiger partial charge is 0.287 e. The van der Waals surface area contributed by atoms with Crippen molar-refractivity contribution in [1.29, 1.82) is 0 Å². The van der Waals surface area contributed by atoms with E-state index >= 15 is 0 Å². The van der Waals surface area contributed by atoms with Crippen LogP contribution < -0.4 is 5.56 Å². The van der Waals surface area contributed by atoms with E-state index in [1.165, 1.54) is 11.8 Å². The van der Waals surface area contributed by atoms with Crippen LogP contribution in [0.2, 0.25) is 0 Å². The topological polar surface area (TPSA) is 34.9 Å². The van der Waals surface area contributed by atoms with Crippen LogP contribution >= 0.6 is 11.8 Å². The van der Waals surface area contributed by atoms with Crippen LogP contribution in [0, 0.1) is 0 Å². The molecule has 0 bridgehead atoms. The number of aromatic nitrogens is 2. The van der Waals surface area contributed by atoms with Crippen LogP contribution in [0.3, 0.4) is 0 Å². The van der Waals surface area contributed by atoms with Crippen molar-refractivity contribution in [2.75, 3.05) is 5.75 Å². The molecule has 1 heterocycles. The SMILES string of the molecule is C=CCSc1nccn(-c2ccccc2)c1=O. The zero-order valence-corrected chi connectivity index (χ0v) is 10.1. The molecule has 0 N–H and O–H groups in total. The molecule has 17 heavy (non-hydrogen) atoms. The summed E-state index contributed by atoms with van der Waals surface area (Å²) in [5.41, 5.74) is 0.755. The van der Waals surface area contributed by atoms with Crippen LogP contribution in [-0.4, -0.2) is 15.3 Å². The molecule has 2 rings (SSSR count). The van der Waals surface area contributed by atoms with Gasteiger partial charge in [-0.25, -0.2) is 4.98 Å². The molecule has 0 aliphatic carbocycles. The fourth-order valence-electron chi connectivity index (χ4n) is 1.42. The second-order valence-electron chi connectivity index (χ2n) is 3.34. The average Bonchev–Trinajstić information content (AvgIpc) is 2.39. The Kier molecular flexibility index (Phi) is 3.77. The molecule has 0 radical (unpaired) electrons. The molecule has 3 nitrogen and oxygen atoms in total. The van der Waals surface area contributed by atoms with Crippen molar-refractivity contribution < 1.29 is 0 Å². The van der Waals surface area contributed by atoms with Gasteiger partial charge < -0.3 is 0 Å². The molecule has 0 atom stereocenters. The van der Waals surface area contributed by atoms with Gasteiger partial charge in [0.1, 0.15) is 0 Å². The second-order valence-corrected chi connectivity index (χ2v) is 4.35. The molecule has 0 unspecified atom stereocenters. The summed E-state index contributed by atoms with van der Waals surface area (Å²) in [4.78, 5) is 16.2. The standard InChI is InChI=1S/C13H12N2OS/c1-2-10-17-12-13(16)15(9-8-14-12)11-6-4-3-5-7-11/h2-9H,1,10H2. The third-order valence-electron chi connectivity index (χ3n) is 2.18. The number of rotatable bonds is 4. The lowest BCUT2D eigenvalue weighted by molar-refractivity contribution is 0.883. The molecule has 0 aliphatic heterocycles. The van der Waals surface area contributed by atoms with Crippen molar-refractivity contribution in [3.05, 3.63) is 65.7 Å². The first-order chi connectivity index (χ1) is 8.33. The molecule has 0 fully saturated rings. The Labute approximate surface area is 104 Å². The van der Waals surface area contributed by atoms with Gasteiger partial charge in [-0.15, -0.1) is 6.58 Å². The lowest BCUT2D eigenvalue weighted by Gasteiger charge is -2.06. The molecule has 0 saturated carbocycles. The molecule has 0 spiro atoms.